The van der Waals surface area contributed by atoms with E-state index in [0.717, 1.165) is 19.6 Å². The number of ether oxygens (including phenoxy) is 1. The molecule has 1 amide bonds. The Labute approximate surface area is 117 Å². The molecule has 19 heavy (non-hydrogen) atoms. The monoisotopic (exact) mass is 270 g/mol. The zero-order valence-corrected chi connectivity index (χ0v) is 12.9. The second-order valence-electron chi connectivity index (χ2n) is 5.77. The zero-order chi connectivity index (χ0) is 14.3. The highest BCUT2D eigenvalue weighted by molar-refractivity contribution is 5.76. The van der Waals surface area contributed by atoms with Gasteiger partial charge < -0.3 is 15.0 Å². The van der Waals surface area contributed by atoms with Gasteiger partial charge in [0.1, 0.15) is 0 Å². The van der Waals surface area contributed by atoms with Crippen LogP contribution in [0.2, 0.25) is 0 Å². The molecule has 1 saturated heterocycles. The first-order valence-electron chi connectivity index (χ1n) is 7.59. The zero-order valence-electron chi connectivity index (χ0n) is 12.9. The minimum atomic E-state index is 0.166. The van der Waals surface area contributed by atoms with E-state index >= 15 is 0 Å². The van der Waals surface area contributed by atoms with Crippen LogP contribution in [-0.2, 0) is 9.53 Å². The second-order valence-corrected chi connectivity index (χ2v) is 5.77. The van der Waals surface area contributed by atoms with Crippen LogP contribution in [0, 0.1) is 11.8 Å². The van der Waals surface area contributed by atoms with Gasteiger partial charge in [-0.2, -0.15) is 0 Å². The number of methoxy groups -OCH3 is 1. The summed E-state index contributed by atoms with van der Waals surface area (Å²) < 4.78 is 5.15. The Morgan fingerprint density at radius 3 is 2.74 bits per heavy atom. The fourth-order valence-electron chi connectivity index (χ4n) is 2.99. The maximum atomic E-state index is 12.4. The molecule has 4 heteroatoms. The minimum absolute atomic E-state index is 0.166. The molecule has 0 bridgehead atoms. The number of rotatable bonds is 7. The first-order chi connectivity index (χ1) is 9.10. The van der Waals surface area contributed by atoms with E-state index in [2.05, 4.69) is 19.2 Å². The number of carbonyl (C=O) groups is 1. The molecule has 1 heterocycles. The van der Waals surface area contributed by atoms with Crippen molar-refractivity contribution in [3.05, 3.63) is 0 Å². The number of nitrogens with one attached hydrogen (secondary N) is 1. The molecule has 112 valence electrons. The van der Waals surface area contributed by atoms with Gasteiger partial charge in [-0.05, 0) is 51.6 Å². The summed E-state index contributed by atoms with van der Waals surface area (Å²) in [6.45, 7) is 9.87. The van der Waals surface area contributed by atoms with Gasteiger partial charge in [-0.3, -0.25) is 4.79 Å². The molecule has 0 saturated carbocycles. The van der Waals surface area contributed by atoms with Crippen LogP contribution < -0.4 is 5.32 Å². The van der Waals surface area contributed by atoms with Crippen LogP contribution >= 0.6 is 0 Å². The highest BCUT2D eigenvalue weighted by atomic mass is 16.5. The molecule has 1 fully saturated rings. The van der Waals surface area contributed by atoms with Gasteiger partial charge in [-0.15, -0.1) is 0 Å². The molecule has 4 nitrogen and oxygen atoms in total. The molecule has 1 N–H and O–H groups in total. The number of hydrogen-bond acceptors (Lipinski definition) is 3. The van der Waals surface area contributed by atoms with E-state index in [0.29, 0.717) is 24.9 Å². The fraction of sp³-hybridized carbons (Fsp3) is 0.933. The number of amides is 1. The normalized spacial score (nSPS) is 22.8. The van der Waals surface area contributed by atoms with E-state index in [-0.39, 0.29) is 11.9 Å². The molecule has 0 aromatic carbocycles. The van der Waals surface area contributed by atoms with Crippen molar-refractivity contribution in [1.29, 1.82) is 0 Å². The predicted octanol–water partition coefficient (Wildman–Crippen LogP) is 1.90. The van der Waals surface area contributed by atoms with Crippen molar-refractivity contribution in [2.45, 2.75) is 46.1 Å². The SMILES string of the molecule is CCN(C(=O)CC(C)C1CCCNC1)C(C)COC. The van der Waals surface area contributed by atoms with Crippen LogP contribution in [0.4, 0.5) is 0 Å². The summed E-state index contributed by atoms with van der Waals surface area (Å²) >= 11 is 0. The van der Waals surface area contributed by atoms with Crippen LogP contribution in [0.15, 0.2) is 0 Å². The van der Waals surface area contributed by atoms with Crippen molar-refractivity contribution in [1.82, 2.24) is 10.2 Å². The van der Waals surface area contributed by atoms with Crippen molar-refractivity contribution in [2.75, 3.05) is 33.4 Å². The van der Waals surface area contributed by atoms with Crippen molar-refractivity contribution in [3.8, 4) is 0 Å². The summed E-state index contributed by atoms with van der Waals surface area (Å²) in [6.07, 6.45) is 3.15. The number of likely N-dealkylation sites (N-methyl/N-ethyl adjacent to an activating group) is 1. The summed E-state index contributed by atoms with van der Waals surface area (Å²) in [5.41, 5.74) is 0. The molecule has 0 radical (unpaired) electrons. The van der Waals surface area contributed by atoms with Crippen LogP contribution in [0.25, 0.3) is 0 Å². The van der Waals surface area contributed by atoms with E-state index in [1.807, 2.05) is 11.8 Å². The van der Waals surface area contributed by atoms with Crippen molar-refractivity contribution in [2.24, 2.45) is 11.8 Å². The average molecular weight is 270 g/mol. The summed E-state index contributed by atoms with van der Waals surface area (Å²) in [6, 6.07) is 0.166. The van der Waals surface area contributed by atoms with Gasteiger partial charge in [-0.1, -0.05) is 6.92 Å². The molecule has 3 atom stereocenters. The average Bonchev–Trinajstić information content (AvgIpc) is 2.40. The van der Waals surface area contributed by atoms with E-state index in [1.54, 1.807) is 7.11 Å². The number of nitrogens with zero attached hydrogens (tertiary/aromatic N) is 1. The minimum Gasteiger partial charge on any atom is -0.383 e. The smallest absolute Gasteiger partial charge is 0.223 e. The lowest BCUT2D eigenvalue weighted by Gasteiger charge is -2.32. The topological polar surface area (TPSA) is 41.6 Å². The summed E-state index contributed by atoms with van der Waals surface area (Å²) in [4.78, 5) is 14.3. The molecule has 1 rings (SSSR count). The van der Waals surface area contributed by atoms with Gasteiger partial charge in [-0.25, -0.2) is 0 Å². The number of hydrogen-bond donors (Lipinski definition) is 1. The molecule has 1 aliphatic rings. The highest BCUT2D eigenvalue weighted by Gasteiger charge is 2.25. The summed E-state index contributed by atoms with van der Waals surface area (Å²) in [7, 11) is 1.69. The van der Waals surface area contributed by atoms with Crippen molar-refractivity contribution >= 4 is 5.91 Å². The van der Waals surface area contributed by atoms with Gasteiger partial charge in [0, 0.05) is 20.1 Å². The van der Waals surface area contributed by atoms with Gasteiger partial charge >= 0.3 is 0 Å². The molecule has 1 aliphatic heterocycles. The van der Waals surface area contributed by atoms with Crippen LogP contribution in [0.1, 0.15) is 40.0 Å². The maximum absolute atomic E-state index is 12.4. The first kappa shape index (κ1) is 16.4. The van der Waals surface area contributed by atoms with Crippen molar-refractivity contribution < 1.29 is 9.53 Å². The molecule has 3 unspecified atom stereocenters. The van der Waals surface area contributed by atoms with Gasteiger partial charge in [0.25, 0.3) is 0 Å². The molecule has 0 aromatic heterocycles. The van der Waals surface area contributed by atoms with Crippen LogP contribution in [0.3, 0.4) is 0 Å². The molecule has 0 aromatic rings. The Bertz CT molecular complexity index is 265. The Hall–Kier alpha value is -0.610. The number of carbonyl (C=O) groups excluding carboxylic acids is 1. The lowest BCUT2D eigenvalue weighted by molar-refractivity contribution is -0.135. The van der Waals surface area contributed by atoms with Gasteiger partial charge in [0.05, 0.1) is 12.6 Å². The maximum Gasteiger partial charge on any atom is 0.223 e. The third kappa shape index (κ3) is 5.11. The molecular weight excluding hydrogens is 240 g/mol. The highest BCUT2D eigenvalue weighted by Crippen LogP contribution is 2.23. The van der Waals surface area contributed by atoms with Gasteiger partial charge in [0.2, 0.25) is 5.91 Å². The second kappa shape index (κ2) is 8.54. The lowest BCUT2D eigenvalue weighted by Crippen LogP contribution is -2.42. The van der Waals surface area contributed by atoms with Gasteiger partial charge in [0.15, 0.2) is 0 Å². The predicted molar refractivity (Wildman–Crippen MR) is 78.1 cm³/mol. The Balaban J connectivity index is 2.46. The molecule has 0 spiro atoms. The summed E-state index contributed by atoms with van der Waals surface area (Å²) in [5, 5.41) is 3.43. The standard InChI is InChI=1S/C15H30N2O2/c1-5-17(13(3)11-19-4)15(18)9-12(2)14-7-6-8-16-10-14/h12-14,16H,5-11H2,1-4H3. The molecule has 0 aliphatic carbocycles. The van der Waals surface area contributed by atoms with E-state index < -0.39 is 0 Å². The summed E-state index contributed by atoms with van der Waals surface area (Å²) in [5.74, 6) is 1.38. The lowest BCUT2D eigenvalue weighted by atomic mass is 9.85. The first-order valence-corrected chi connectivity index (χ1v) is 7.59. The largest absolute Gasteiger partial charge is 0.383 e. The van der Waals surface area contributed by atoms with Crippen LogP contribution in [0.5, 0.6) is 0 Å². The Morgan fingerprint density at radius 2 is 2.21 bits per heavy atom. The third-order valence-electron chi connectivity index (χ3n) is 4.24. The van der Waals surface area contributed by atoms with E-state index in [9.17, 15) is 4.79 Å². The number of piperidine rings is 1. The quantitative estimate of drug-likeness (QED) is 0.768. The fourth-order valence-corrected chi connectivity index (χ4v) is 2.99. The third-order valence-corrected chi connectivity index (χ3v) is 4.24. The molecular formula is C15H30N2O2. The van der Waals surface area contributed by atoms with E-state index in [1.165, 1.54) is 12.8 Å². The van der Waals surface area contributed by atoms with Crippen LogP contribution in [-0.4, -0.2) is 50.2 Å². The van der Waals surface area contributed by atoms with Crippen molar-refractivity contribution in [3.63, 3.8) is 0 Å². The Kier molecular flexibility index (Phi) is 7.39. The Morgan fingerprint density at radius 1 is 1.47 bits per heavy atom. The van der Waals surface area contributed by atoms with E-state index in [4.69, 9.17) is 4.74 Å².